The van der Waals surface area contributed by atoms with Gasteiger partial charge in [0.05, 0.1) is 30.9 Å². The zero-order chi connectivity index (χ0) is 18.4. The minimum Gasteiger partial charge on any atom is -0.369 e. The molecule has 0 saturated heterocycles. The molecule has 0 aliphatic carbocycles. The van der Waals surface area contributed by atoms with E-state index in [4.69, 9.17) is 22.6 Å². The van der Waals surface area contributed by atoms with Gasteiger partial charge < -0.3 is 5.73 Å². The molecule has 1 unspecified atom stereocenters. The number of nitrogens with zero attached hydrogens (tertiary/aromatic N) is 4. The monoisotopic (exact) mass is 393 g/mol. The minimum absolute atomic E-state index is 0.174. The molecule has 3 heterocycles. The van der Waals surface area contributed by atoms with Crippen LogP contribution in [0.5, 0.6) is 0 Å². The van der Waals surface area contributed by atoms with Crippen LogP contribution in [-0.4, -0.2) is 38.1 Å². The van der Waals surface area contributed by atoms with Crippen LogP contribution in [0.15, 0.2) is 29.5 Å². The van der Waals surface area contributed by atoms with E-state index in [1.807, 2.05) is 6.92 Å². The standard InChI is InChI=1S/C16H16ClN5OS2/c1-16(9-25(3,23)22(2)15(19)21-16)14-12(17)5-13(24-14)11-4-10(6-18)7-20-8-11/h4-5,7-8H,3,9H2,1-2H3,(H2,19,21)/t16-,25?/m0/s1. The van der Waals surface area contributed by atoms with Gasteiger partial charge >= 0.3 is 0 Å². The number of guanidine groups is 1. The lowest BCUT2D eigenvalue weighted by molar-refractivity contribution is 0.522. The third kappa shape index (κ3) is 3.11. The minimum atomic E-state index is -2.58. The van der Waals surface area contributed by atoms with Crippen molar-refractivity contribution < 1.29 is 4.21 Å². The first kappa shape index (κ1) is 17.7. The molecule has 2 N–H and O–H groups in total. The summed E-state index contributed by atoms with van der Waals surface area (Å²) in [6.45, 7) is 1.85. The molecule has 6 nitrogen and oxygen atoms in total. The summed E-state index contributed by atoms with van der Waals surface area (Å²) in [5.74, 6) is 4.20. The molecule has 2 aromatic heterocycles. The number of halogens is 1. The zero-order valence-corrected chi connectivity index (χ0v) is 16.1. The average molecular weight is 394 g/mol. The summed E-state index contributed by atoms with van der Waals surface area (Å²) in [7, 11) is -0.960. The number of pyridine rings is 1. The van der Waals surface area contributed by atoms with Crippen molar-refractivity contribution in [2.24, 2.45) is 10.7 Å². The van der Waals surface area contributed by atoms with Gasteiger partial charge in [0.25, 0.3) is 0 Å². The first-order valence-corrected chi connectivity index (χ1v) is 10.3. The fourth-order valence-electron chi connectivity index (χ4n) is 2.69. The molecule has 0 bridgehead atoms. The van der Waals surface area contributed by atoms with Crippen LogP contribution in [0.2, 0.25) is 5.02 Å². The first-order chi connectivity index (χ1) is 11.7. The number of thiophene rings is 1. The van der Waals surface area contributed by atoms with Gasteiger partial charge in [-0.2, -0.15) is 5.26 Å². The molecule has 1 aliphatic rings. The zero-order valence-electron chi connectivity index (χ0n) is 13.7. The largest absolute Gasteiger partial charge is 0.369 e. The fourth-order valence-corrected chi connectivity index (χ4v) is 6.06. The van der Waals surface area contributed by atoms with Crippen LogP contribution in [0.25, 0.3) is 10.4 Å². The summed E-state index contributed by atoms with van der Waals surface area (Å²) in [6, 6.07) is 5.62. The Morgan fingerprint density at radius 1 is 1.52 bits per heavy atom. The van der Waals surface area contributed by atoms with Crippen molar-refractivity contribution >= 4 is 44.5 Å². The lowest BCUT2D eigenvalue weighted by Gasteiger charge is -2.36. The Hall–Kier alpha value is -2.08. The Morgan fingerprint density at radius 2 is 2.24 bits per heavy atom. The summed E-state index contributed by atoms with van der Waals surface area (Å²) in [6.07, 6.45) is 3.17. The van der Waals surface area contributed by atoms with Crippen molar-refractivity contribution in [2.75, 3.05) is 12.8 Å². The van der Waals surface area contributed by atoms with E-state index in [-0.39, 0.29) is 11.7 Å². The van der Waals surface area contributed by atoms with Crippen molar-refractivity contribution in [1.82, 2.24) is 9.29 Å². The molecule has 0 amide bonds. The van der Waals surface area contributed by atoms with Gasteiger partial charge in [-0.05, 0) is 24.9 Å². The molecular formula is C16H16ClN5OS2. The number of nitriles is 1. The number of aliphatic imine (C=N–C) groups is 1. The van der Waals surface area contributed by atoms with Crippen LogP contribution in [0.1, 0.15) is 17.4 Å². The highest BCUT2D eigenvalue weighted by Gasteiger charge is 2.39. The molecule has 0 aromatic carbocycles. The second kappa shape index (κ2) is 6.02. The van der Waals surface area contributed by atoms with E-state index in [1.54, 1.807) is 25.4 Å². The number of rotatable bonds is 2. The van der Waals surface area contributed by atoms with Crippen LogP contribution in [-0.2, 0) is 15.2 Å². The predicted octanol–water partition coefficient (Wildman–Crippen LogP) is 2.44. The Labute approximate surface area is 155 Å². The van der Waals surface area contributed by atoms with Gasteiger partial charge in [0.1, 0.15) is 11.6 Å². The molecule has 0 radical (unpaired) electrons. The SMILES string of the molecule is C=S1(=O)C[C@@](C)(c2sc(-c3cncc(C#N)c3)cc2Cl)N=C(N)N1C. The van der Waals surface area contributed by atoms with Gasteiger partial charge in [-0.25, -0.2) is 9.20 Å². The van der Waals surface area contributed by atoms with E-state index in [0.717, 1.165) is 15.3 Å². The summed E-state index contributed by atoms with van der Waals surface area (Å²) < 4.78 is 14.2. The van der Waals surface area contributed by atoms with E-state index in [9.17, 15) is 4.21 Å². The molecule has 3 rings (SSSR count). The molecule has 1 aliphatic heterocycles. The lowest BCUT2D eigenvalue weighted by atomic mass is 10.0. The van der Waals surface area contributed by atoms with E-state index in [0.29, 0.717) is 10.6 Å². The van der Waals surface area contributed by atoms with Gasteiger partial charge in [0, 0.05) is 29.9 Å². The molecule has 9 heteroatoms. The molecule has 130 valence electrons. The van der Waals surface area contributed by atoms with Crippen LogP contribution in [0, 0.1) is 11.3 Å². The summed E-state index contributed by atoms with van der Waals surface area (Å²) >= 11 is 7.88. The average Bonchev–Trinajstić information content (AvgIpc) is 2.95. The van der Waals surface area contributed by atoms with Gasteiger partial charge in [0.2, 0.25) is 5.96 Å². The van der Waals surface area contributed by atoms with Gasteiger partial charge in [0.15, 0.2) is 0 Å². The normalized spacial score (nSPS) is 26.2. The highest BCUT2D eigenvalue weighted by molar-refractivity contribution is 7.98. The van der Waals surface area contributed by atoms with Gasteiger partial charge in [-0.3, -0.25) is 9.29 Å². The van der Waals surface area contributed by atoms with E-state index >= 15 is 0 Å². The topological polar surface area (TPSA) is 95.4 Å². The maximum Gasteiger partial charge on any atom is 0.203 e. The van der Waals surface area contributed by atoms with Crippen molar-refractivity contribution in [2.45, 2.75) is 12.5 Å². The van der Waals surface area contributed by atoms with E-state index in [2.05, 4.69) is 21.9 Å². The van der Waals surface area contributed by atoms with Crippen molar-refractivity contribution in [3.05, 3.63) is 40.0 Å². The Kier molecular flexibility index (Phi) is 4.27. The lowest BCUT2D eigenvalue weighted by Crippen LogP contribution is -2.50. The second-order valence-electron chi connectivity index (χ2n) is 6.02. The quantitative estimate of drug-likeness (QED) is 0.792. The third-order valence-corrected chi connectivity index (χ3v) is 8.06. The summed E-state index contributed by atoms with van der Waals surface area (Å²) in [5, 5.41) is 9.55. The predicted molar refractivity (Wildman–Crippen MR) is 104 cm³/mol. The van der Waals surface area contributed by atoms with Crippen molar-refractivity contribution in [3.8, 4) is 16.5 Å². The smallest absolute Gasteiger partial charge is 0.203 e. The number of hydrogen-bond donors (Lipinski definition) is 1. The Morgan fingerprint density at radius 3 is 2.88 bits per heavy atom. The summed E-state index contributed by atoms with van der Waals surface area (Å²) in [4.78, 5) is 10.2. The molecule has 0 fully saturated rings. The Balaban J connectivity index is 2.11. The van der Waals surface area contributed by atoms with Crippen LogP contribution in [0.3, 0.4) is 0 Å². The molecular weight excluding hydrogens is 378 g/mol. The van der Waals surface area contributed by atoms with E-state index in [1.165, 1.54) is 21.8 Å². The van der Waals surface area contributed by atoms with Crippen LogP contribution >= 0.6 is 22.9 Å². The number of nitrogens with two attached hydrogens (primary N) is 1. The maximum atomic E-state index is 12.8. The van der Waals surface area contributed by atoms with Crippen LogP contribution in [0.4, 0.5) is 0 Å². The second-order valence-corrected chi connectivity index (χ2v) is 9.86. The number of aromatic nitrogens is 1. The Bertz CT molecular complexity index is 1020. The molecule has 2 atom stereocenters. The third-order valence-electron chi connectivity index (χ3n) is 4.02. The fraction of sp³-hybridized carbons (Fsp3) is 0.250. The van der Waals surface area contributed by atoms with Gasteiger partial charge in [-0.1, -0.05) is 11.6 Å². The molecule has 2 aromatic rings. The maximum absolute atomic E-state index is 12.8. The first-order valence-electron chi connectivity index (χ1n) is 7.26. The highest BCUT2D eigenvalue weighted by Crippen LogP contribution is 2.44. The van der Waals surface area contributed by atoms with Gasteiger partial charge in [-0.15, -0.1) is 11.3 Å². The highest BCUT2D eigenvalue weighted by atomic mass is 35.5. The number of hydrogen-bond acceptors (Lipinski definition) is 6. The van der Waals surface area contributed by atoms with Crippen molar-refractivity contribution in [3.63, 3.8) is 0 Å². The molecule has 0 spiro atoms. The summed E-state index contributed by atoms with van der Waals surface area (Å²) in [5.41, 5.74) is 6.38. The van der Waals surface area contributed by atoms with Crippen LogP contribution < -0.4 is 5.73 Å². The van der Waals surface area contributed by atoms with E-state index < -0.39 is 15.2 Å². The molecule has 0 saturated carbocycles. The van der Waals surface area contributed by atoms with Crippen molar-refractivity contribution in [1.29, 1.82) is 5.26 Å². The molecule has 25 heavy (non-hydrogen) atoms.